The molecule has 0 bridgehead atoms. The summed E-state index contributed by atoms with van der Waals surface area (Å²) >= 11 is 0. The predicted molar refractivity (Wildman–Crippen MR) is 81.9 cm³/mol. The highest BCUT2D eigenvalue weighted by molar-refractivity contribution is 7.85. The largest absolute Gasteiger partial charge is 0.497 e. The molecular formula is C14H14N2O5S. The fourth-order valence-corrected chi connectivity index (χ4v) is 2.18. The summed E-state index contributed by atoms with van der Waals surface area (Å²) in [5, 5.41) is 5.15. The molecule has 2 aromatic carbocycles. The van der Waals surface area contributed by atoms with Crippen molar-refractivity contribution in [1.29, 1.82) is 0 Å². The van der Waals surface area contributed by atoms with E-state index in [1.54, 1.807) is 24.3 Å². The standard InChI is InChI=1S/C14H14N2O5S/c1-21-12-4-2-3-11(9-12)16-14(17)15-10-5-7-13(8-6-10)22(18,19)20/h2-9H,1H3,(H2,15,16,17)(H,18,19,20). The van der Waals surface area contributed by atoms with E-state index in [1.165, 1.54) is 31.4 Å². The lowest BCUT2D eigenvalue weighted by molar-refractivity contribution is 0.262. The summed E-state index contributed by atoms with van der Waals surface area (Å²) in [5.41, 5.74) is 0.930. The van der Waals surface area contributed by atoms with E-state index in [0.29, 0.717) is 17.1 Å². The molecule has 0 aromatic heterocycles. The molecule has 22 heavy (non-hydrogen) atoms. The van der Waals surface area contributed by atoms with Crippen molar-refractivity contribution in [2.24, 2.45) is 0 Å². The zero-order valence-electron chi connectivity index (χ0n) is 11.6. The molecular weight excluding hydrogens is 308 g/mol. The third-order valence-corrected chi connectivity index (χ3v) is 3.61. The summed E-state index contributed by atoms with van der Waals surface area (Å²) in [6, 6.07) is 11.5. The zero-order chi connectivity index (χ0) is 16.2. The minimum absolute atomic E-state index is 0.244. The predicted octanol–water partition coefficient (Wildman–Crippen LogP) is 2.59. The van der Waals surface area contributed by atoms with Crippen LogP contribution in [-0.4, -0.2) is 26.1 Å². The number of urea groups is 1. The van der Waals surface area contributed by atoms with E-state index in [0.717, 1.165) is 0 Å². The van der Waals surface area contributed by atoms with E-state index >= 15 is 0 Å². The SMILES string of the molecule is COc1cccc(NC(=O)Nc2ccc(S(=O)(=O)O)cc2)c1. The van der Waals surface area contributed by atoms with Crippen LogP contribution in [0.15, 0.2) is 53.4 Å². The van der Waals surface area contributed by atoms with Crippen LogP contribution in [0.2, 0.25) is 0 Å². The molecule has 2 aromatic rings. The topological polar surface area (TPSA) is 105 Å². The lowest BCUT2D eigenvalue weighted by Crippen LogP contribution is -2.19. The van der Waals surface area contributed by atoms with Crippen LogP contribution in [0.3, 0.4) is 0 Å². The second-order valence-electron chi connectivity index (χ2n) is 4.31. The van der Waals surface area contributed by atoms with E-state index in [4.69, 9.17) is 9.29 Å². The van der Waals surface area contributed by atoms with Gasteiger partial charge in [0.1, 0.15) is 5.75 Å². The maximum Gasteiger partial charge on any atom is 0.323 e. The van der Waals surface area contributed by atoms with E-state index in [2.05, 4.69) is 10.6 Å². The van der Waals surface area contributed by atoms with Crippen LogP contribution in [0.1, 0.15) is 0 Å². The third kappa shape index (κ3) is 4.21. The maximum absolute atomic E-state index is 11.8. The van der Waals surface area contributed by atoms with Gasteiger partial charge in [-0.3, -0.25) is 4.55 Å². The van der Waals surface area contributed by atoms with Crippen LogP contribution in [0, 0.1) is 0 Å². The summed E-state index contributed by atoms with van der Waals surface area (Å²) in [7, 11) is -2.72. The first-order valence-corrected chi connectivity index (χ1v) is 7.62. The quantitative estimate of drug-likeness (QED) is 0.750. The van der Waals surface area contributed by atoms with Crippen molar-refractivity contribution in [3.05, 3.63) is 48.5 Å². The second-order valence-corrected chi connectivity index (χ2v) is 5.73. The molecule has 0 saturated carbocycles. The first-order chi connectivity index (χ1) is 10.4. The molecule has 0 fully saturated rings. The van der Waals surface area contributed by atoms with Gasteiger partial charge in [-0.25, -0.2) is 4.79 Å². The Balaban J connectivity index is 2.02. The van der Waals surface area contributed by atoms with Crippen molar-refractivity contribution in [1.82, 2.24) is 0 Å². The molecule has 0 unspecified atom stereocenters. The number of hydrogen-bond acceptors (Lipinski definition) is 4. The fourth-order valence-electron chi connectivity index (χ4n) is 1.70. The smallest absolute Gasteiger partial charge is 0.323 e. The van der Waals surface area contributed by atoms with Gasteiger partial charge in [-0.15, -0.1) is 0 Å². The molecule has 0 aliphatic heterocycles. The van der Waals surface area contributed by atoms with E-state index in [1.807, 2.05) is 0 Å². The Labute approximate surface area is 127 Å². The van der Waals surface area contributed by atoms with Crippen LogP contribution >= 0.6 is 0 Å². The summed E-state index contributed by atoms with van der Waals surface area (Å²) in [4.78, 5) is 11.6. The van der Waals surface area contributed by atoms with E-state index in [9.17, 15) is 13.2 Å². The molecule has 0 aliphatic rings. The van der Waals surface area contributed by atoms with Gasteiger partial charge >= 0.3 is 6.03 Å². The zero-order valence-corrected chi connectivity index (χ0v) is 12.4. The van der Waals surface area contributed by atoms with E-state index < -0.39 is 16.1 Å². The molecule has 0 saturated heterocycles. The minimum Gasteiger partial charge on any atom is -0.497 e. The number of nitrogens with one attached hydrogen (secondary N) is 2. The number of benzene rings is 2. The number of carbonyl (C=O) groups is 1. The number of rotatable bonds is 4. The summed E-state index contributed by atoms with van der Waals surface area (Å²) in [6.45, 7) is 0. The highest BCUT2D eigenvalue weighted by atomic mass is 32.2. The Bertz CT molecular complexity index is 772. The van der Waals surface area contributed by atoms with Gasteiger partial charge in [0, 0.05) is 17.4 Å². The third-order valence-electron chi connectivity index (χ3n) is 2.74. The molecule has 2 amide bonds. The van der Waals surface area contributed by atoms with Crippen molar-refractivity contribution in [3.8, 4) is 5.75 Å². The monoisotopic (exact) mass is 322 g/mol. The van der Waals surface area contributed by atoms with Gasteiger partial charge in [0.05, 0.1) is 12.0 Å². The Morgan fingerprint density at radius 2 is 1.68 bits per heavy atom. The first-order valence-electron chi connectivity index (χ1n) is 6.18. The summed E-state index contributed by atoms with van der Waals surface area (Å²) in [6.07, 6.45) is 0. The van der Waals surface area contributed by atoms with Crippen molar-refractivity contribution < 1.29 is 22.5 Å². The fraction of sp³-hybridized carbons (Fsp3) is 0.0714. The van der Waals surface area contributed by atoms with Crippen LogP contribution in [0.25, 0.3) is 0 Å². The van der Waals surface area contributed by atoms with Crippen molar-refractivity contribution in [3.63, 3.8) is 0 Å². The highest BCUT2D eigenvalue weighted by Gasteiger charge is 2.09. The van der Waals surface area contributed by atoms with Crippen molar-refractivity contribution >= 4 is 27.5 Å². The summed E-state index contributed by atoms with van der Waals surface area (Å²) < 4.78 is 35.7. The number of methoxy groups -OCH3 is 1. The molecule has 0 aliphatic carbocycles. The van der Waals surface area contributed by atoms with Gasteiger partial charge in [0.2, 0.25) is 0 Å². The number of hydrogen-bond donors (Lipinski definition) is 3. The molecule has 2 rings (SSSR count). The molecule has 8 heteroatoms. The van der Waals surface area contributed by atoms with Crippen LogP contribution in [-0.2, 0) is 10.1 Å². The van der Waals surface area contributed by atoms with Crippen LogP contribution in [0.4, 0.5) is 16.2 Å². The van der Waals surface area contributed by atoms with Crippen molar-refractivity contribution in [2.75, 3.05) is 17.7 Å². The molecule has 0 heterocycles. The second kappa shape index (κ2) is 6.46. The van der Waals surface area contributed by atoms with Crippen LogP contribution < -0.4 is 15.4 Å². The van der Waals surface area contributed by atoms with Gasteiger partial charge in [0.25, 0.3) is 10.1 Å². The maximum atomic E-state index is 11.8. The lowest BCUT2D eigenvalue weighted by atomic mass is 10.3. The van der Waals surface area contributed by atoms with Gasteiger partial charge in [-0.2, -0.15) is 8.42 Å². The van der Waals surface area contributed by atoms with Gasteiger partial charge in [0.15, 0.2) is 0 Å². The number of anilines is 2. The molecule has 0 spiro atoms. The Kier molecular flexibility index (Phi) is 4.64. The molecule has 0 atom stereocenters. The first kappa shape index (κ1) is 15.8. The van der Waals surface area contributed by atoms with Crippen molar-refractivity contribution in [2.45, 2.75) is 4.90 Å². The Morgan fingerprint density at radius 1 is 1.05 bits per heavy atom. The average Bonchev–Trinajstić information content (AvgIpc) is 2.47. The highest BCUT2D eigenvalue weighted by Crippen LogP contribution is 2.18. The molecule has 0 radical (unpaired) electrons. The average molecular weight is 322 g/mol. The Morgan fingerprint density at radius 3 is 2.27 bits per heavy atom. The minimum atomic E-state index is -4.25. The van der Waals surface area contributed by atoms with E-state index in [-0.39, 0.29) is 4.90 Å². The number of carbonyl (C=O) groups excluding carboxylic acids is 1. The molecule has 7 nitrogen and oxygen atoms in total. The number of ether oxygens (including phenoxy) is 1. The normalized spacial score (nSPS) is 10.8. The van der Waals surface area contributed by atoms with Gasteiger partial charge < -0.3 is 15.4 Å². The number of amides is 2. The van der Waals surface area contributed by atoms with Gasteiger partial charge in [-0.1, -0.05) is 6.07 Å². The lowest BCUT2D eigenvalue weighted by Gasteiger charge is -2.09. The summed E-state index contributed by atoms with van der Waals surface area (Å²) in [5.74, 6) is 0.607. The Hall–Kier alpha value is -2.58. The van der Waals surface area contributed by atoms with Crippen LogP contribution in [0.5, 0.6) is 5.75 Å². The van der Waals surface area contributed by atoms with Gasteiger partial charge in [-0.05, 0) is 36.4 Å². The molecule has 3 N–H and O–H groups in total. The molecule has 116 valence electrons.